The minimum absolute atomic E-state index is 0.0746. The highest BCUT2D eigenvalue weighted by Crippen LogP contribution is 2.36. The Bertz CT molecular complexity index is 1200. The maximum absolute atomic E-state index is 12.8. The fourth-order valence-electron chi connectivity index (χ4n) is 3.76. The number of aromatic nitrogens is 2. The first-order chi connectivity index (χ1) is 14.2. The number of nitrogens with one attached hydrogen (secondary N) is 1. The monoisotopic (exact) mass is 397 g/mol. The van der Waals surface area contributed by atoms with E-state index in [-0.39, 0.29) is 11.9 Å². The zero-order chi connectivity index (χ0) is 19.8. The Balaban J connectivity index is 1.32. The minimum Gasteiger partial charge on any atom is -0.343 e. The molecule has 142 valence electrons. The molecule has 1 aliphatic carbocycles. The van der Waals surface area contributed by atoms with Gasteiger partial charge in [-0.15, -0.1) is 11.3 Å². The normalized spacial score (nSPS) is 12.9. The number of hydrogen-bond donors (Lipinski definition) is 1. The standard InChI is InChI=1S/C24H19N3OS/c1-15(24-27-22(14-29-24)18-6-4-10-25-13-18)26-23(28)17-8-9-21-19(12-17)11-16-5-2-3-7-20(16)21/h2-10,12-15H,11H2,1H3,(H,26,28). The molecule has 1 N–H and O–H groups in total. The molecule has 1 unspecified atom stereocenters. The molecular weight excluding hydrogens is 378 g/mol. The lowest BCUT2D eigenvalue weighted by Gasteiger charge is -2.12. The van der Waals surface area contributed by atoms with E-state index >= 15 is 0 Å². The third-order valence-electron chi connectivity index (χ3n) is 5.25. The fourth-order valence-corrected chi connectivity index (χ4v) is 4.60. The van der Waals surface area contributed by atoms with Gasteiger partial charge in [0.1, 0.15) is 5.01 Å². The molecule has 1 atom stereocenters. The lowest BCUT2D eigenvalue weighted by Crippen LogP contribution is -2.26. The number of amides is 1. The second kappa shape index (κ2) is 7.26. The molecule has 0 radical (unpaired) electrons. The van der Waals surface area contributed by atoms with E-state index in [2.05, 4.69) is 45.6 Å². The minimum atomic E-state index is -0.164. The molecule has 2 heterocycles. The Kier molecular flexibility index (Phi) is 4.45. The molecule has 0 fully saturated rings. The summed E-state index contributed by atoms with van der Waals surface area (Å²) in [7, 11) is 0. The zero-order valence-electron chi connectivity index (χ0n) is 15.9. The van der Waals surface area contributed by atoms with E-state index in [0.29, 0.717) is 5.56 Å². The quantitative estimate of drug-likeness (QED) is 0.450. The van der Waals surface area contributed by atoms with E-state index in [1.165, 1.54) is 22.3 Å². The van der Waals surface area contributed by atoms with Crippen molar-refractivity contribution in [1.82, 2.24) is 15.3 Å². The predicted octanol–water partition coefficient (Wildman–Crippen LogP) is 5.27. The summed E-state index contributed by atoms with van der Waals surface area (Å²) in [5, 5.41) is 5.96. The molecule has 5 heteroatoms. The molecule has 4 nitrogen and oxygen atoms in total. The number of nitrogens with zero attached hydrogens (tertiary/aromatic N) is 2. The van der Waals surface area contributed by atoms with Crippen LogP contribution in [0.25, 0.3) is 22.4 Å². The van der Waals surface area contributed by atoms with Crippen molar-refractivity contribution in [2.75, 3.05) is 0 Å². The van der Waals surface area contributed by atoms with Gasteiger partial charge in [-0.05, 0) is 59.9 Å². The van der Waals surface area contributed by atoms with Gasteiger partial charge >= 0.3 is 0 Å². The number of carbonyl (C=O) groups is 1. The summed E-state index contributed by atoms with van der Waals surface area (Å²) < 4.78 is 0. The van der Waals surface area contributed by atoms with Crippen LogP contribution in [0.3, 0.4) is 0 Å². The third kappa shape index (κ3) is 3.34. The van der Waals surface area contributed by atoms with Crippen LogP contribution in [0.4, 0.5) is 0 Å². The number of fused-ring (bicyclic) bond motifs is 3. The van der Waals surface area contributed by atoms with E-state index < -0.39 is 0 Å². The number of pyridine rings is 1. The first-order valence-corrected chi connectivity index (χ1v) is 10.4. The van der Waals surface area contributed by atoms with Crippen LogP contribution < -0.4 is 5.32 Å². The molecule has 2 aromatic carbocycles. The summed E-state index contributed by atoms with van der Waals surface area (Å²) in [6.45, 7) is 1.97. The molecule has 2 aromatic heterocycles. The van der Waals surface area contributed by atoms with E-state index in [0.717, 1.165) is 22.7 Å². The number of carbonyl (C=O) groups excluding carboxylic acids is 1. The van der Waals surface area contributed by atoms with E-state index in [4.69, 9.17) is 0 Å². The van der Waals surface area contributed by atoms with E-state index in [9.17, 15) is 4.79 Å². The average Bonchev–Trinajstić information content (AvgIpc) is 3.39. The van der Waals surface area contributed by atoms with Crippen molar-refractivity contribution < 1.29 is 4.79 Å². The maximum Gasteiger partial charge on any atom is 0.251 e. The van der Waals surface area contributed by atoms with Crippen molar-refractivity contribution in [2.24, 2.45) is 0 Å². The van der Waals surface area contributed by atoms with Gasteiger partial charge in [0.15, 0.2) is 0 Å². The van der Waals surface area contributed by atoms with Crippen molar-refractivity contribution in [3.63, 3.8) is 0 Å². The van der Waals surface area contributed by atoms with Crippen LogP contribution in [0.1, 0.15) is 39.5 Å². The van der Waals surface area contributed by atoms with Crippen molar-refractivity contribution in [3.8, 4) is 22.4 Å². The van der Waals surface area contributed by atoms with Crippen molar-refractivity contribution in [2.45, 2.75) is 19.4 Å². The van der Waals surface area contributed by atoms with Crippen LogP contribution >= 0.6 is 11.3 Å². The van der Waals surface area contributed by atoms with Gasteiger partial charge in [0.25, 0.3) is 5.91 Å². The van der Waals surface area contributed by atoms with E-state index in [1.54, 1.807) is 23.7 Å². The number of thiazole rings is 1. The van der Waals surface area contributed by atoms with Crippen LogP contribution in [0, 0.1) is 0 Å². The lowest BCUT2D eigenvalue weighted by atomic mass is 10.0. The number of hydrogen-bond acceptors (Lipinski definition) is 4. The highest BCUT2D eigenvalue weighted by atomic mass is 32.1. The summed E-state index contributed by atoms with van der Waals surface area (Å²) >= 11 is 1.55. The predicted molar refractivity (Wildman–Crippen MR) is 116 cm³/mol. The van der Waals surface area contributed by atoms with Gasteiger partial charge in [-0.2, -0.15) is 0 Å². The summed E-state index contributed by atoms with van der Waals surface area (Å²) in [5.74, 6) is -0.0746. The van der Waals surface area contributed by atoms with Gasteiger partial charge in [-0.3, -0.25) is 9.78 Å². The summed E-state index contributed by atoms with van der Waals surface area (Å²) in [5.41, 5.74) is 7.58. The first kappa shape index (κ1) is 17.8. The summed E-state index contributed by atoms with van der Waals surface area (Å²) in [6, 6.07) is 18.1. The van der Waals surface area contributed by atoms with Crippen molar-refractivity contribution >= 4 is 17.2 Å². The van der Waals surface area contributed by atoms with Gasteiger partial charge < -0.3 is 5.32 Å². The summed E-state index contributed by atoms with van der Waals surface area (Å²) in [4.78, 5) is 21.7. The van der Waals surface area contributed by atoms with Gasteiger partial charge in [0.2, 0.25) is 0 Å². The molecule has 0 aliphatic heterocycles. The van der Waals surface area contributed by atoms with Crippen LogP contribution in [-0.4, -0.2) is 15.9 Å². The average molecular weight is 398 g/mol. The Morgan fingerprint density at radius 1 is 1.07 bits per heavy atom. The Morgan fingerprint density at radius 2 is 1.93 bits per heavy atom. The van der Waals surface area contributed by atoms with Crippen LogP contribution in [0.15, 0.2) is 72.4 Å². The Hall–Kier alpha value is -3.31. The largest absolute Gasteiger partial charge is 0.343 e. The smallest absolute Gasteiger partial charge is 0.251 e. The number of benzene rings is 2. The van der Waals surface area contributed by atoms with Crippen molar-refractivity contribution in [1.29, 1.82) is 0 Å². The molecule has 29 heavy (non-hydrogen) atoms. The number of rotatable bonds is 4. The van der Waals surface area contributed by atoms with Gasteiger partial charge in [0, 0.05) is 28.9 Å². The van der Waals surface area contributed by atoms with Gasteiger partial charge in [-0.1, -0.05) is 30.3 Å². The second-order valence-corrected chi connectivity index (χ2v) is 8.10. The van der Waals surface area contributed by atoms with E-state index in [1.807, 2.05) is 36.6 Å². The van der Waals surface area contributed by atoms with Crippen LogP contribution in [0.2, 0.25) is 0 Å². The zero-order valence-corrected chi connectivity index (χ0v) is 16.7. The summed E-state index contributed by atoms with van der Waals surface area (Å²) in [6.07, 6.45) is 4.42. The first-order valence-electron chi connectivity index (χ1n) is 9.57. The highest BCUT2D eigenvalue weighted by molar-refractivity contribution is 7.10. The molecule has 0 saturated carbocycles. The Labute approximate surface area is 173 Å². The van der Waals surface area contributed by atoms with Crippen LogP contribution in [0.5, 0.6) is 0 Å². The SMILES string of the molecule is CC(NC(=O)c1ccc2c(c1)Cc1ccccc1-2)c1nc(-c2cccnc2)cs1. The molecule has 0 bridgehead atoms. The van der Waals surface area contributed by atoms with Gasteiger partial charge in [0.05, 0.1) is 11.7 Å². The Morgan fingerprint density at radius 3 is 2.79 bits per heavy atom. The second-order valence-electron chi connectivity index (χ2n) is 7.21. The molecule has 1 aliphatic rings. The van der Waals surface area contributed by atoms with Gasteiger partial charge in [-0.25, -0.2) is 4.98 Å². The molecular formula is C24H19N3OS. The molecule has 4 aromatic rings. The van der Waals surface area contributed by atoms with Crippen molar-refractivity contribution in [3.05, 3.63) is 94.1 Å². The molecule has 5 rings (SSSR count). The lowest BCUT2D eigenvalue weighted by molar-refractivity contribution is 0.0940. The highest BCUT2D eigenvalue weighted by Gasteiger charge is 2.20. The fraction of sp³-hybridized carbons (Fsp3) is 0.125. The molecule has 1 amide bonds. The third-order valence-corrected chi connectivity index (χ3v) is 6.28. The topological polar surface area (TPSA) is 54.9 Å². The van der Waals surface area contributed by atoms with Crippen LogP contribution in [-0.2, 0) is 6.42 Å². The maximum atomic E-state index is 12.8. The molecule has 0 saturated heterocycles. The molecule has 0 spiro atoms.